The Morgan fingerprint density at radius 1 is 1.14 bits per heavy atom. The van der Waals surface area contributed by atoms with Gasteiger partial charge in [0.05, 0.1) is 10.5 Å². The first kappa shape index (κ1) is 13.8. The minimum Gasteiger partial charge on any atom is -0.364 e. The third-order valence-electron chi connectivity index (χ3n) is 4.16. The van der Waals surface area contributed by atoms with Gasteiger partial charge in [-0.1, -0.05) is 12.1 Å². The van der Waals surface area contributed by atoms with Gasteiger partial charge in [-0.25, -0.2) is 4.79 Å². The van der Waals surface area contributed by atoms with Gasteiger partial charge in [-0.2, -0.15) is 0 Å². The summed E-state index contributed by atoms with van der Waals surface area (Å²) >= 11 is 1.55. The van der Waals surface area contributed by atoms with Crippen molar-refractivity contribution in [2.45, 2.75) is 24.4 Å². The molecule has 0 spiro atoms. The van der Waals surface area contributed by atoms with Gasteiger partial charge in [0, 0.05) is 30.8 Å². The van der Waals surface area contributed by atoms with E-state index in [1.165, 1.54) is 0 Å². The molecule has 0 radical (unpaired) electrons. The number of carbonyl (C=O) groups is 1. The number of hydroxylamine groups is 2. The molecule has 1 aromatic carbocycles. The van der Waals surface area contributed by atoms with Crippen LogP contribution in [0.5, 0.6) is 0 Å². The van der Waals surface area contributed by atoms with Crippen molar-refractivity contribution in [3.8, 4) is 0 Å². The maximum atomic E-state index is 12.8. The Labute approximate surface area is 131 Å². The zero-order valence-electron chi connectivity index (χ0n) is 12.1. The molecule has 0 saturated carbocycles. The molecule has 5 nitrogen and oxygen atoms in total. The van der Waals surface area contributed by atoms with Crippen LogP contribution in [0.3, 0.4) is 0 Å². The van der Waals surface area contributed by atoms with Crippen LogP contribution in [0.15, 0.2) is 34.1 Å². The molecule has 0 bridgehead atoms. The highest BCUT2D eigenvalue weighted by Crippen LogP contribution is 2.31. The van der Waals surface area contributed by atoms with E-state index in [0.29, 0.717) is 5.39 Å². The maximum absolute atomic E-state index is 12.8. The first-order chi connectivity index (χ1) is 10.8. The number of benzene rings is 1. The van der Waals surface area contributed by atoms with E-state index in [2.05, 4.69) is 4.57 Å². The van der Waals surface area contributed by atoms with Crippen molar-refractivity contribution in [3.05, 3.63) is 40.1 Å². The molecule has 4 rings (SSSR count). The fourth-order valence-electron chi connectivity index (χ4n) is 3.11. The van der Waals surface area contributed by atoms with E-state index in [1.54, 1.807) is 22.9 Å². The van der Waals surface area contributed by atoms with Crippen molar-refractivity contribution in [2.24, 2.45) is 0 Å². The molecule has 1 fully saturated rings. The summed E-state index contributed by atoms with van der Waals surface area (Å²) in [5.74, 6) is 0.355. The zero-order chi connectivity index (χ0) is 15.1. The smallest absolute Gasteiger partial charge is 0.363 e. The van der Waals surface area contributed by atoms with Gasteiger partial charge in [0.15, 0.2) is 0 Å². The summed E-state index contributed by atoms with van der Waals surface area (Å²) in [6, 6.07) is 7.46. The summed E-state index contributed by atoms with van der Waals surface area (Å²) in [7, 11) is 0. The van der Waals surface area contributed by atoms with E-state index in [0.717, 1.165) is 48.8 Å². The first-order valence-electron chi connectivity index (χ1n) is 7.51. The average molecular weight is 316 g/mol. The molecule has 6 heteroatoms. The Kier molecular flexibility index (Phi) is 3.43. The molecule has 114 valence electrons. The summed E-state index contributed by atoms with van der Waals surface area (Å²) in [4.78, 5) is 30.7. The topological polar surface area (TPSA) is 51.5 Å². The number of fused-ring (bicyclic) bond motifs is 3. The van der Waals surface area contributed by atoms with Crippen LogP contribution in [0.2, 0.25) is 0 Å². The number of para-hydroxylation sites is 1. The summed E-state index contributed by atoms with van der Waals surface area (Å²) in [5.41, 5.74) is 0.860. The van der Waals surface area contributed by atoms with Gasteiger partial charge in [0.2, 0.25) is 5.43 Å². The van der Waals surface area contributed by atoms with Gasteiger partial charge >= 0.3 is 5.97 Å². The second kappa shape index (κ2) is 5.44. The number of nitrogens with zero attached hydrogens (tertiary/aromatic N) is 2. The van der Waals surface area contributed by atoms with Crippen molar-refractivity contribution >= 4 is 28.6 Å². The number of hydrogen-bond acceptors (Lipinski definition) is 5. The van der Waals surface area contributed by atoms with Crippen LogP contribution in [0.25, 0.3) is 10.9 Å². The number of thioether (sulfide) groups is 1. The van der Waals surface area contributed by atoms with Crippen LogP contribution in [0, 0.1) is 0 Å². The lowest BCUT2D eigenvalue weighted by Gasteiger charge is -2.16. The SMILES string of the molecule is O=C(ON1CCCC1)c1c2n(c3ccccc3c1=O)CCS2. The van der Waals surface area contributed by atoms with Crippen LogP contribution in [-0.4, -0.2) is 34.4 Å². The predicted molar refractivity (Wildman–Crippen MR) is 85.2 cm³/mol. The molecular weight excluding hydrogens is 300 g/mol. The van der Waals surface area contributed by atoms with E-state index in [-0.39, 0.29) is 11.0 Å². The molecule has 3 heterocycles. The summed E-state index contributed by atoms with van der Waals surface area (Å²) in [6.45, 7) is 2.30. The molecule has 1 aromatic heterocycles. The van der Waals surface area contributed by atoms with Gasteiger partial charge in [0.1, 0.15) is 5.56 Å². The maximum Gasteiger partial charge on any atom is 0.363 e. The summed E-state index contributed by atoms with van der Waals surface area (Å²) < 4.78 is 2.06. The van der Waals surface area contributed by atoms with E-state index in [4.69, 9.17) is 4.84 Å². The summed E-state index contributed by atoms with van der Waals surface area (Å²) in [6.07, 6.45) is 2.05. The quantitative estimate of drug-likeness (QED) is 0.851. The van der Waals surface area contributed by atoms with Crippen molar-refractivity contribution in [3.63, 3.8) is 0 Å². The monoisotopic (exact) mass is 316 g/mol. The molecule has 0 amide bonds. The fourth-order valence-corrected chi connectivity index (χ4v) is 4.24. The Bertz CT molecular complexity index is 809. The van der Waals surface area contributed by atoms with Crippen LogP contribution >= 0.6 is 11.8 Å². The minimum absolute atomic E-state index is 0.188. The lowest BCUT2D eigenvalue weighted by molar-refractivity contribution is -0.0932. The van der Waals surface area contributed by atoms with Gasteiger partial charge in [-0.3, -0.25) is 4.79 Å². The Balaban J connectivity index is 1.85. The molecule has 2 aromatic rings. The largest absolute Gasteiger partial charge is 0.364 e. The van der Waals surface area contributed by atoms with Crippen LogP contribution in [-0.2, 0) is 11.4 Å². The molecular formula is C16H16N2O3S. The molecule has 0 N–H and O–H groups in total. The Morgan fingerprint density at radius 3 is 2.73 bits per heavy atom. The van der Waals surface area contributed by atoms with Crippen molar-refractivity contribution in [2.75, 3.05) is 18.8 Å². The highest BCUT2D eigenvalue weighted by Gasteiger charge is 2.28. The van der Waals surface area contributed by atoms with E-state index < -0.39 is 5.97 Å². The second-order valence-electron chi connectivity index (χ2n) is 5.54. The van der Waals surface area contributed by atoms with Crippen LogP contribution < -0.4 is 5.43 Å². The number of aromatic nitrogens is 1. The van der Waals surface area contributed by atoms with Gasteiger partial charge in [-0.15, -0.1) is 16.8 Å². The Morgan fingerprint density at radius 2 is 1.91 bits per heavy atom. The highest BCUT2D eigenvalue weighted by molar-refractivity contribution is 7.99. The fraction of sp³-hybridized carbons (Fsp3) is 0.375. The number of rotatable bonds is 2. The van der Waals surface area contributed by atoms with Gasteiger partial charge in [-0.05, 0) is 25.0 Å². The van der Waals surface area contributed by atoms with Crippen LogP contribution in [0.4, 0.5) is 0 Å². The average Bonchev–Trinajstić information content (AvgIpc) is 3.19. The molecule has 0 unspecified atom stereocenters. The molecule has 22 heavy (non-hydrogen) atoms. The van der Waals surface area contributed by atoms with E-state index in [9.17, 15) is 9.59 Å². The minimum atomic E-state index is -0.518. The lowest BCUT2D eigenvalue weighted by atomic mass is 10.1. The van der Waals surface area contributed by atoms with E-state index in [1.807, 2.05) is 18.2 Å². The number of hydrogen-bond donors (Lipinski definition) is 0. The molecule has 2 aliphatic rings. The third-order valence-corrected chi connectivity index (χ3v) is 5.25. The second-order valence-corrected chi connectivity index (χ2v) is 6.63. The van der Waals surface area contributed by atoms with Crippen molar-refractivity contribution < 1.29 is 9.63 Å². The van der Waals surface area contributed by atoms with Gasteiger partial charge < -0.3 is 9.40 Å². The number of aryl methyl sites for hydroxylation is 1. The molecule has 1 saturated heterocycles. The zero-order valence-corrected chi connectivity index (χ0v) is 12.9. The highest BCUT2D eigenvalue weighted by atomic mass is 32.2. The predicted octanol–water partition coefficient (Wildman–Crippen LogP) is 2.27. The number of pyridine rings is 1. The van der Waals surface area contributed by atoms with Crippen molar-refractivity contribution in [1.29, 1.82) is 0 Å². The normalized spacial score (nSPS) is 17.8. The molecule has 2 aliphatic heterocycles. The Hall–Kier alpha value is -1.79. The van der Waals surface area contributed by atoms with Gasteiger partial charge in [0.25, 0.3) is 0 Å². The lowest BCUT2D eigenvalue weighted by Crippen LogP contribution is -2.29. The first-order valence-corrected chi connectivity index (χ1v) is 8.50. The van der Waals surface area contributed by atoms with Crippen molar-refractivity contribution in [1.82, 2.24) is 9.63 Å². The summed E-state index contributed by atoms with van der Waals surface area (Å²) in [5, 5.41) is 2.99. The van der Waals surface area contributed by atoms with Crippen LogP contribution in [0.1, 0.15) is 23.2 Å². The molecule has 0 atom stereocenters. The number of carbonyl (C=O) groups excluding carboxylic acids is 1. The standard InChI is InChI=1S/C16H16N2O3S/c19-14-11-5-1-2-6-12(11)18-9-10-22-15(18)13(14)16(20)21-17-7-3-4-8-17/h1-2,5-6H,3-4,7-10H2. The van der Waals surface area contributed by atoms with E-state index >= 15 is 0 Å². The molecule has 0 aliphatic carbocycles. The third kappa shape index (κ3) is 2.14.